The molecule has 0 saturated carbocycles. The van der Waals surface area contributed by atoms with E-state index >= 15 is 0 Å². The van der Waals surface area contributed by atoms with Crippen LogP contribution in [0.4, 0.5) is 10.1 Å². The molecule has 0 atom stereocenters. The summed E-state index contributed by atoms with van der Waals surface area (Å²) in [6, 6.07) is 10.4. The van der Waals surface area contributed by atoms with Crippen molar-refractivity contribution in [1.29, 1.82) is 0 Å². The first kappa shape index (κ1) is 22.3. The molecule has 2 aromatic rings. The number of nitrogens with zero attached hydrogens (tertiary/aromatic N) is 1. The Balaban J connectivity index is 1.65. The molecule has 8 heteroatoms. The van der Waals surface area contributed by atoms with Gasteiger partial charge in [-0.05, 0) is 43.2 Å². The lowest BCUT2D eigenvalue weighted by Gasteiger charge is -2.29. The Bertz CT molecular complexity index is 963. The van der Waals surface area contributed by atoms with Gasteiger partial charge in [-0.25, -0.2) is 4.39 Å². The summed E-state index contributed by atoms with van der Waals surface area (Å²) < 4.78 is 24.1. The first-order valence-electron chi connectivity index (χ1n) is 10.2. The van der Waals surface area contributed by atoms with Crippen LogP contribution >= 0.6 is 0 Å². The molecule has 0 radical (unpaired) electrons. The minimum absolute atomic E-state index is 0.0544. The Labute approximate surface area is 180 Å². The van der Waals surface area contributed by atoms with Crippen molar-refractivity contribution >= 4 is 23.3 Å². The van der Waals surface area contributed by atoms with Crippen LogP contribution in [0, 0.1) is 5.82 Å². The number of benzene rings is 2. The fraction of sp³-hybridized carbons (Fsp3) is 0.348. The number of Topliss-reactive ketones (excluding diaryl/α,β-unsaturated/α-hetero) is 1. The summed E-state index contributed by atoms with van der Waals surface area (Å²) in [6.07, 6.45) is 1.66. The average molecular weight is 428 g/mol. The van der Waals surface area contributed by atoms with Gasteiger partial charge in [-0.2, -0.15) is 0 Å². The van der Waals surface area contributed by atoms with Crippen molar-refractivity contribution in [3.63, 3.8) is 0 Å². The third-order valence-corrected chi connectivity index (χ3v) is 4.75. The van der Waals surface area contributed by atoms with E-state index in [0.717, 1.165) is 6.42 Å². The normalized spacial score (nSPS) is 12.7. The molecule has 0 bridgehead atoms. The number of rotatable bonds is 10. The first-order chi connectivity index (χ1) is 15.0. The van der Waals surface area contributed by atoms with Gasteiger partial charge < -0.3 is 19.7 Å². The van der Waals surface area contributed by atoms with Crippen LogP contribution in [0.2, 0.25) is 0 Å². The maximum Gasteiger partial charge on any atom is 0.265 e. The number of anilines is 1. The number of ketones is 1. The molecular weight excluding hydrogens is 403 g/mol. The number of ether oxygens (including phenoxy) is 2. The van der Waals surface area contributed by atoms with Gasteiger partial charge in [-0.15, -0.1) is 0 Å². The van der Waals surface area contributed by atoms with Crippen LogP contribution in [0.25, 0.3) is 0 Å². The highest BCUT2D eigenvalue weighted by atomic mass is 19.1. The summed E-state index contributed by atoms with van der Waals surface area (Å²) in [5, 5.41) is 2.81. The predicted octanol–water partition coefficient (Wildman–Crippen LogP) is 3.12. The third-order valence-electron chi connectivity index (χ3n) is 4.75. The zero-order chi connectivity index (χ0) is 22.2. The lowest BCUT2D eigenvalue weighted by molar-refractivity contribution is -0.122. The highest BCUT2D eigenvalue weighted by Gasteiger charge is 2.26. The van der Waals surface area contributed by atoms with Gasteiger partial charge in [-0.3, -0.25) is 14.4 Å². The molecule has 0 aliphatic carbocycles. The SMILES string of the molecule is CCCNC(=O)CCCN1C(=O)COc2ccc(C(=O)COc3cccc(F)c3)cc21. The molecule has 0 aromatic heterocycles. The summed E-state index contributed by atoms with van der Waals surface area (Å²) in [7, 11) is 0. The Kier molecular flexibility index (Phi) is 7.59. The number of hydrogen-bond acceptors (Lipinski definition) is 5. The van der Waals surface area contributed by atoms with Crippen LogP contribution < -0.4 is 19.7 Å². The number of nitrogens with one attached hydrogen (secondary N) is 1. The van der Waals surface area contributed by atoms with Crippen LogP contribution in [-0.4, -0.2) is 43.9 Å². The van der Waals surface area contributed by atoms with Gasteiger partial charge in [0.05, 0.1) is 5.69 Å². The van der Waals surface area contributed by atoms with E-state index in [9.17, 15) is 18.8 Å². The second-order valence-corrected chi connectivity index (χ2v) is 7.14. The molecule has 164 valence electrons. The third kappa shape index (κ3) is 6.04. The predicted molar refractivity (Wildman–Crippen MR) is 113 cm³/mol. The topological polar surface area (TPSA) is 84.9 Å². The quantitative estimate of drug-likeness (QED) is 0.588. The second kappa shape index (κ2) is 10.6. The van der Waals surface area contributed by atoms with Gasteiger partial charge in [0.15, 0.2) is 19.0 Å². The molecule has 0 saturated heterocycles. The van der Waals surface area contributed by atoms with E-state index in [1.165, 1.54) is 23.1 Å². The summed E-state index contributed by atoms with van der Waals surface area (Å²) in [4.78, 5) is 38.3. The second-order valence-electron chi connectivity index (χ2n) is 7.14. The lowest BCUT2D eigenvalue weighted by atomic mass is 10.1. The molecule has 3 rings (SSSR count). The zero-order valence-electron chi connectivity index (χ0n) is 17.4. The Morgan fingerprint density at radius 3 is 2.84 bits per heavy atom. The minimum Gasteiger partial charge on any atom is -0.485 e. The van der Waals surface area contributed by atoms with E-state index in [0.29, 0.717) is 42.9 Å². The molecule has 1 heterocycles. The Hall–Kier alpha value is -3.42. The molecule has 0 unspecified atom stereocenters. The molecule has 2 aromatic carbocycles. The molecule has 31 heavy (non-hydrogen) atoms. The fourth-order valence-corrected chi connectivity index (χ4v) is 3.16. The Morgan fingerprint density at radius 2 is 2.06 bits per heavy atom. The van der Waals surface area contributed by atoms with Crippen LogP contribution in [-0.2, 0) is 9.59 Å². The summed E-state index contributed by atoms with van der Waals surface area (Å²) in [5.74, 6) is -0.300. The summed E-state index contributed by atoms with van der Waals surface area (Å²) >= 11 is 0. The van der Waals surface area contributed by atoms with Crippen molar-refractivity contribution in [1.82, 2.24) is 5.32 Å². The van der Waals surface area contributed by atoms with E-state index in [4.69, 9.17) is 9.47 Å². The average Bonchev–Trinajstić information content (AvgIpc) is 2.77. The van der Waals surface area contributed by atoms with Crippen molar-refractivity contribution in [2.24, 2.45) is 0 Å². The zero-order valence-corrected chi connectivity index (χ0v) is 17.4. The van der Waals surface area contributed by atoms with E-state index in [1.54, 1.807) is 24.3 Å². The van der Waals surface area contributed by atoms with Gasteiger partial charge in [0.1, 0.15) is 17.3 Å². The number of halogens is 1. The molecule has 0 spiro atoms. The van der Waals surface area contributed by atoms with Crippen molar-refractivity contribution < 1.29 is 28.2 Å². The Morgan fingerprint density at radius 1 is 1.23 bits per heavy atom. The van der Waals surface area contributed by atoms with E-state index in [2.05, 4.69) is 5.32 Å². The lowest BCUT2D eigenvalue weighted by Crippen LogP contribution is -2.40. The summed E-state index contributed by atoms with van der Waals surface area (Å²) in [6.45, 7) is 2.58. The first-order valence-corrected chi connectivity index (χ1v) is 10.2. The van der Waals surface area contributed by atoms with E-state index in [1.807, 2.05) is 6.92 Å². The molecule has 1 aliphatic rings. The number of hydrogen-bond donors (Lipinski definition) is 1. The maximum absolute atomic E-state index is 13.3. The summed E-state index contributed by atoms with van der Waals surface area (Å²) in [5.41, 5.74) is 0.834. The van der Waals surface area contributed by atoms with Crippen molar-refractivity contribution in [2.45, 2.75) is 26.2 Å². The monoisotopic (exact) mass is 428 g/mol. The van der Waals surface area contributed by atoms with Crippen LogP contribution in [0.1, 0.15) is 36.5 Å². The van der Waals surface area contributed by atoms with Crippen LogP contribution in [0.5, 0.6) is 11.5 Å². The largest absolute Gasteiger partial charge is 0.485 e. The number of carbonyl (C=O) groups is 3. The minimum atomic E-state index is -0.451. The van der Waals surface area contributed by atoms with Gasteiger partial charge in [0, 0.05) is 31.1 Å². The molecule has 1 aliphatic heterocycles. The molecule has 2 amide bonds. The standard InChI is InChI=1S/C23H25FN2O5/c1-2-10-25-22(28)7-4-11-26-19-12-16(8-9-21(19)31-15-23(26)29)20(27)14-30-18-6-3-5-17(24)13-18/h3,5-6,8-9,12-13H,2,4,7,10-11,14-15H2,1H3,(H,25,28). The van der Waals surface area contributed by atoms with Crippen LogP contribution in [0.15, 0.2) is 42.5 Å². The van der Waals surface area contributed by atoms with E-state index in [-0.39, 0.29) is 36.6 Å². The highest BCUT2D eigenvalue weighted by molar-refractivity contribution is 6.02. The smallest absolute Gasteiger partial charge is 0.265 e. The van der Waals surface area contributed by atoms with E-state index < -0.39 is 5.82 Å². The van der Waals surface area contributed by atoms with Gasteiger partial charge >= 0.3 is 0 Å². The molecule has 0 fully saturated rings. The van der Waals surface area contributed by atoms with Crippen molar-refractivity contribution in [3.8, 4) is 11.5 Å². The van der Waals surface area contributed by atoms with Gasteiger partial charge in [-0.1, -0.05) is 13.0 Å². The van der Waals surface area contributed by atoms with Gasteiger partial charge in [0.25, 0.3) is 5.91 Å². The number of fused-ring (bicyclic) bond motifs is 1. The molecule has 7 nitrogen and oxygen atoms in total. The van der Waals surface area contributed by atoms with Crippen molar-refractivity contribution in [2.75, 3.05) is 31.2 Å². The maximum atomic E-state index is 13.3. The van der Waals surface area contributed by atoms with Crippen LogP contribution in [0.3, 0.4) is 0 Å². The number of carbonyl (C=O) groups excluding carboxylic acids is 3. The van der Waals surface area contributed by atoms with Crippen molar-refractivity contribution in [3.05, 3.63) is 53.8 Å². The molecular formula is C23H25FN2O5. The molecule has 1 N–H and O–H groups in total. The fourth-order valence-electron chi connectivity index (χ4n) is 3.16. The van der Waals surface area contributed by atoms with Gasteiger partial charge in [0.2, 0.25) is 5.91 Å². The number of amides is 2. The highest BCUT2D eigenvalue weighted by Crippen LogP contribution is 2.33.